The molecule has 5 heteroatoms. The molecule has 0 fully saturated rings. The van der Waals surface area contributed by atoms with Gasteiger partial charge >= 0.3 is 0 Å². The van der Waals surface area contributed by atoms with E-state index in [0.29, 0.717) is 6.54 Å². The van der Waals surface area contributed by atoms with Crippen LogP contribution < -0.4 is 5.56 Å². The zero-order valence-electron chi connectivity index (χ0n) is 11.8. The first-order valence-electron chi connectivity index (χ1n) is 7.14. The van der Waals surface area contributed by atoms with Crippen molar-refractivity contribution in [3.8, 4) is 0 Å². The fraction of sp³-hybridized carbons (Fsp3) is 0.176. The molecule has 0 N–H and O–H groups in total. The van der Waals surface area contributed by atoms with Crippen molar-refractivity contribution in [2.45, 2.75) is 19.4 Å². The van der Waals surface area contributed by atoms with Gasteiger partial charge in [0, 0.05) is 14.9 Å². The van der Waals surface area contributed by atoms with Gasteiger partial charge in [-0.15, -0.1) is 11.3 Å². The van der Waals surface area contributed by atoms with Crippen LogP contribution in [0.1, 0.15) is 22.4 Å². The lowest BCUT2D eigenvalue weighted by Gasteiger charge is -2.07. The summed E-state index contributed by atoms with van der Waals surface area (Å²) in [7, 11) is 0. The average molecular weight is 373 g/mol. The van der Waals surface area contributed by atoms with E-state index in [1.165, 1.54) is 4.88 Å². The largest absolute Gasteiger partial charge is 0.294 e. The van der Waals surface area contributed by atoms with Crippen LogP contribution in [0.2, 0.25) is 0 Å². The van der Waals surface area contributed by atoms with Gasteiger partial charge in [-0.2, -0.15) is 0 Å². The minimum atomic E-state index is 0.0527. The second-order valence-electron chi connectivity index (χ2n) is 5.36. The molecular formula is C17H13BrN2OS. The molecule has 110 valence electrons. The molecule has 0 saturated heterocycles. The molecule has 3 aromatic rings. The van der Waals surface area contributed by atoms with E-state index in [9.17, 15) is 4.79 Å². The highest BCUT2D eigenvalue weighted by molar-refractivity contribution is 9.10. The summed E-state index contributed by atoms with van der Waals surface area (Å²) in [5, 5.41) is 0.774. The van der Waals surface area contributed by atoms with Gasteiger partial charge in [0.05, 0.1) is 18.3 Å². The Morgan fingerprint density at radius 3 is 2.91 bits per heavy atom. The van der Waals surface area contributed by atoms with Crippen molar-refractivity contribution in [1.29, 1.82) is 0 Å². The number of halogens is 1. The van der Waals surface area contributed by atoms with Crippen LogP contribution in [0, 0.1) is 0 Å². The summed E-state index contributed by atoms with van der Waals surface area (Å²) < 4.78 is 2.73. The zero-order valence-corrected chi connectivity index (χ0v) is 14.2. The monoisotopic (exact) mass is 372 g/mol. The highest BCUT2D eigenvalue weighted by Crippen LogP contribution is 2.32. The van der Waals surface area contributed by atoms with E-state index in [4.69, 9.17) is 0 Å². The van der Waals surface area contributed by atoms with E-state index < -0.39 is 0 Å². The highest BCUT2D eigenvalue weighted by Gasteiger charge is 2.17. The maximum Gasteiger partial charge on any atom is 0.262 e. The fourth-order valence-corrected chi connectivity index (χ4v) is 4.17. The van der Waals surface area contributed by atoms with Gasteiger partial charge in [-0.05, 0) is 30.5 Å². The molecule has 0 amide bonds. The molecule has 0 aliphatic heterocycles. The SMILES string of the molecule is O=c1c2c3c(sc2ncn1Cc1ccc(Br)cc1)CCC=C3. The Morgan fingerprint density at radius 1 is 1.27 bits per heavy atom. The van der Waals surface area contributed by atoms with Crippen molar-refractivity contribution in [1.82, 2.24) is 9.55 Å². The second-order valence-corrected chi connectivity index (χ2v) is 7.36. The quantitative estimate of drug-likeness (QED) is 0.674. The minimum Gasteiger partial charge on any atom is -0.294 e. The number of rotatable bonds is 2. The number of aromatic nitrogens is 2. The molecule has 0 saturated carbocycles. The number of nitrogens with zero attached hydrogens (tertiary/aromatic N) is 2. The first kappa shape index (κ1) is 13.9. The molecule has 1 aromatic carbocycles. The van der Waals surface area contributed by atoms with E-state index in [-0.39, 0.29) is 5.56 Å². The third-order valence-electron chi connectivity index (χ3n) is 3.88. The number of hydrogen-bond donors (Lipinski definition) is 0. The normalized spacial score (nSPS) is 13.5. The standard InChI is InChI=1S/C17H13BrN2OS/c18-12-7-5-11(6-8-12)9-20-10-19-16-15(17(20)21)13-3-1-2-4-14(13)22-16/h1,3,5-8,10H,2,4,9H2. The van der Waals surface area contributed by atoms with Gasteiger partial charge in [0.25, 0.3) is 5.56 Å². The molecular weight excluding hydrogens is 360 g/mol. The third kappa shape index (κ3) is 2.34. The molecule has 22 heavy (non-hydrogen) atoms. The number of fused-ring (bicyclic) bond motifs is 3. The van der Waals surface area contributed by atoms with Crippen LogP contribution >= 0.6 is 27.3 Å². The molecule has 0 atom stereocenters. The summed E-state index contributed by atoms with van der Waals surface area (Å²) >= 11 is 5.08. The molecule has 2 heterocycles. The Labute approximate surface area is 140 Å². The van der Waals surface area contributed by atoms with E-state index in [1.54, 1.807) is 22.2 Å². The minimum absolute atomic E-state index is 0.0527. The Balaban J connectivity index is 1.82. The summed E-state index contributed by atoms with van der Waals surface area (Å²) in [6.07, 6.45) is 7.94. The molecule has 1 aliphatic carbocycles. The van der Waals surface area contributed by atoms with Crippen molar-refractivity contribution >= 4 is 43.6 Å². The van der Waals surface area contributed by atoms with Gasteiger partial charge in [0.1, 0.15) is 4.83 Å². The van der Waals surface area contributed by atoms with Gasteiger partial charge in [0.2, 0.25) is 0 Å². The second kappa shape index (κ2) is 5.48. The van der Waals surface area contributed by atoms with Crippen LogP contribution in [0.4, 0.5) is 0 Å². The lowest BCUT2D eigenvalue weighted by molar-refractivity contribution is 0.749. The van der Waals surface area contributed by atoms with Crippen molar-refractivity contribution in [3.05, 3.63) is 67.5 Å². The van der Waals surface area contributed by atoms with Gasteiger partial charge < -0.3 is 0 Å². The van der Waals surface area contributed by atoms with Crippen LogP contribution in [-0.2, 0) is 13.0 Å². The first-order valence-corrected chi connectivity index (χ1v) is 8.75. The van der Waals surface area contributed by atoms with E-state index in [0.717, 1.165) is 38.7 Å². The molecule has 3 nitrogen and oxygen atoms in total. The van der Waals surface area contributed by atoms with Crippen LogP contribution in [-0.4, -0.2) is 9.55 Å². The first-order chi connectivity index (χ1) is 10.7. The maximum atomic E-state index is 12.8. The van der Waals surface area contributed by atoms with Crippen LogP contribution in [0.5, 0.6) is 0 Å². The van der Waals surface area contributed by atoms with Gasteiger partial charge in [-0.25, -0.2) is 4.98 Å². The molecule has 2 aromatic heterocycles. The molecule has 0 bridgehead atoms. The Bertz CT molecular complexity index is 938. The van der Waals surface area contributed by atoms with E-state index in [2.05, 4.69) is 33.1 Å². The predicted octanol–water partition coefficient (Wildman–Crippen LogP) is 4.23. The summed E-state index contributed by atoms with van der Waals surface area (Å²) in [6, 6.07) is 8.01. The summed E-state index contributed by atoms with van der Waals surface area (Å²) in [5.41, 5.74) is 2.22. The number of hydrogen-bond acceptors (Lipinski definition) is 3. The summed E-state index contributed by atoms with van der Waals surface area (Å²) in [5.74, 6) is 0. The van der Waals surface area contributed by atoms with E-state index in [1.807, 2.05) is 24.3 Å². The van der Waals surface area contributed by atoms with Gasteiger partial charge in [-0.1, -0.05) is 40.2 Å². The third-order valence-corrected chi connectivity index (χ3v) is 5.58. The Kier molecular flexibility index (Phi) is 3.47. The molecule has 0 radical (unpaired) electrons. The number of aryl methyl sites for hydroxylation is 1. The van der Waals surface area contributed by atoms with Crippen molar-refractivity contribution in [3.63, 3.8) is 0 Å². The van der Waals surface area contributed by atoms with Crippen LogP contribution in [0.15, 0.2) is 45.9 Å². The maximum absolute atomic E-state index is 12.8. The summed E-state index contributed by atoms with van der Waals surface area (Å²) in [6.45, 7) is 0.545. The van der Waals surface area contributed by atoms with Crippen molar-refractivity contribution in [2.24, 2.45) is 0 Å². The Morgan fingerprint density at radius 2 is 2.09 bits per heavy atom. The molecule has 0 unspecified atom stereocenters. The predicted molar refractivity (Wildman–Crippen MR) is 94.5 cm³/mol. The van der Waals surface area contributed by atoms with E-state index >= 15 is 0 Å². The number of allylic oxidation sites excluding steroid dienone is 1. The average Bonchev–Trinajstić information content (AvgIpc) is 2.91. The lowest BCUT2D eigenvalue weighted by atomic mass is 10.0. The topological polar surface area (TPSA) is 34.9 Å². The number of thiophene rings is 1. The van der Waals surface area contributed by atoms with Crippen molar-refractivity contribution in [2.75, 3.05) is 0 Å². The highest BCUT2D eigenvalue weighted by atomic mass is 79.9. The zero-order chi connectivity index (χ0) is 15.1. The number of benzene rings is 1. The summed E-state index contributed by atoms with van der Waals surface area (Å²) in [4.78, 5) is 19.5. The smallest absolute Gasteiger partial charge is 0.262 e. The Hall–Kier alpha value is -1.72. The van der Waals surface area contributed by atoms with Crippen LogP contribution in [0.25, 0.3) is 16.3 Å². The van der Waals surface area contributed by atoms with Crippen molar-refractivity contribution < 1.29 is 0 Å². The molecule has 0 spiro atoms. The molecule has 1 aliphatic rings. The van der Waals surface area contributed by atoms with Gasteiger partial charge in [0.15, 0.2) is 0 Å². The molecule has 4 rings (SSSR count). The van der Waals surface area contributed by atoms with Crippen LogP contribution in [0.3, 0.4) is 0 Å². The lowest BCUT2D eigenvalue weighted by Crippen LogP contribution is -2.21. The van der Waals surface area contributed by atoms with Gasteiger partial charge in [-0.3, -0.25) is 9.36 Å². The fourth-order valence-electron chi connectivity index (χ4n) is 2.77.